The fourth-order valence-corrected chi connectivity index (χ4v) is 4.56. The second-order valence-electron chi connectivity index (χ2n) is 8.11. The minimum absolute atomic E-state index is 0.376. The smallest absolute Gasteiger partial charge is 0.0488 e. The normalized spacial score (nSPS) is 18.2. The van der Waals surface area contributed by atoms with E-state index in [2.05, 4.69) is 89.6 Å². The third kappa shape index (κ3) is 4.31. The number of allylic oxidation sites excluding steroid dienone is 5. The molecule has 30 heavy (non-hydrogen) atoms. The van der Waals surface area contributed by atoms with Crippen LogP contribution in [-0.4, -0.2) is 11.4 Å². The maximum Gasteiger partial charge on any atom is 0.0488 e. The summed E-state index contributed by atoms with van der Waals surface area (Å²) in [5, 5.41) is 0. The largest absolute Gasteiger partial charge is 0.337 e. The van der Waals surface area contributed by atoms with Gasteiger partial charge in [-0.3, -0.25) is 0 Å². The van der Waals surface area contributed by atoms with Gasteiger partial charge in [-0.2, -0.15) is 0 Å². The Hall–Kier alpha value is -2.54. The zero-order chi connectivity index (χ0) is 22.6. The molecule has 1 nitrogen and oxygen atoms in total. The van der Waals surface area contributed by atoms with Crippen molar-refractivity contribution in [1.29, 1.82) is 0 Å². The van der Waals surface area contributed by atoms with E-state index in [0.717, 1.165) is 30.7 Å². The molecule has 1 aromatic carbocycles. The first kappa shape index (κ1) is 23.7. The number of hydrogen-bond donors (Lipinski definition) is 0. The Labute approximate surface area is 184 Å². The highest BCUT2D eigenvalue weighted by molar-refractivity contribution is 5.71. The molecule has 0 N–H and O–H groups in total. The number of nitrogens with zero attached hydrogens (tertiary/aromatic N) is 1. The van der Waals surface area contributed by atoms with E-state index in [0.29, 0.717) is 5.92 Å². The Morgan fingerprint density at radius 2 is 1.73 bits per heavy atom. The molecule has 2 aliphatic heterocycles. The number of aryl methyl sites for hydroxylation is 2. The second-order valence-corrected chi connectivity index (χ2v) is 8.11. The molecular weight excluding hydrogens is 362 g/mol. The minimum atomic E-state index is 0.376. The van der Waals surface area contributed by atoms with Crippen LogP contribution in [0.2, 0.25) is 0 Å². The second kappa shape index (κ2) is 9.98. The van der Waals surface area contributed by atoms with Crippen molar-refractivity contribution in [1.82, 2.24) is 4.90 Å². The first-order chi connectivity index (χ1) is 14.3. The van der Waals surface area contributed by atoms with Crippen molar-refractivity contribution >= 4 is 6.08 Å². The van der Waals surface area contributed by atoms with Crippen molar-refractivity contribution in [3.8, 4) is 0 Å². The van der Waals surface area contributed by atoms with Crippen molar-refractivity contribution in [2.24, 2.45) is 5.92 Å². The summed E-state index contributed by atoms with van der Waals surface area (Å²) in [6.45, 7) is 29.0. The Morgan fingerprint density at radius 1 is 1.13 bits per heavy atom. The van der Waals surface area contributed by atoms with E-state index in [-0.39, 0.29) is 0 Å². The topological polar surface area (TPSA) is 3.24 Å². The monoisotopic (exact) mass is 401 g/mol. The molecule has 0 spiro atoms. The Bertz CT molecular complexity index is 928. The summed E-state index contributed by atoms with van der Waals surface area (Å²) in [6, 6.07) is 6.47. The lowest BCUT2D eigenvalue weighted by molar-refractivity contribution is 0.500. The Balaban J connectivity index is 0.00000155. The molecule has 0 unspecified atom stereocenters. The first-order valence-electron chi connectivity index (χ1n) is 11.3. The summed E-state index contributed by atoms with van der Waals surface area (Å²) in [5.74, 6) is 0.376. The lowest BCUT2D eigenvalue weighted by Crippen LogP contribution is -2.24. The van der Waals surface area contributed by atoms with Crippen LogP contribution >= 0.6 is 0 Å². The average Bonchev–Trinajstić information content (AvgIpc) is 3.03. The first-order valence-corrected chi connectivity index (χ1v) is 11.3. The molecule has 1 heteroatoms. The molecule has 0 bridgehead atoms. The molecule has 0 aromatic heterocycles. The van der Waals surface area contributed by atoms with Gasteiger partial charge >= 0.3 is 0 Å². The maximum atomic E-state index is 4.48. The summed E-state index contributed by atoms with van der Waals surface area (Å²) in [4.78, 5) is 2.34. The molecule has 160 valence electrons. The fraction of sp³-hybridized carbons (Fsp3) is 0.379. The zero-order valence-electron chi connectivity index (χ0n) is 20.2. The molecule has 0 aliphatic carbocycles. The highest BCUT2D eigenvalue weighted by Crippen LogP contribution is 2.44. The quantitative estimate of drug-likeness (QED) is 0.448. The molecule has 1 aromatic rings. The fourth-order valence-electron chi connectivity index (χ4n) is 4.56. The Morgan fingerprint density at radius 3 is 2.23 bits per heavy atom. The predicted molar refractivity (Wildman–Crippen MR) is 134 cm³/mol. The van der Waals surface area contributed by atoms with Crippen LogP contribution in [0.5, 0.6) is 0 Å². The summed E-state index contributed by atoms with van der Waals surface area (Å²) in [6.07, 6.45) is 6.72. The van der Waals surface area contributed by atoms with Crippen LogP contribution < -0.4 is 0 Å². The molecule has 0 amide bonds. The van der Waals surface area contributed by atoms with Gasteiger partial charge in [-0.25, -0.2) is 0 Å². The van der Waals surface area contributed by atoms with Crippen molar-refractivity contribution in [3.63, 3.8) is 0 Å². The van der Waals surface area contributed by atoms with Crippen molar-refractivity contribution in [2.75, 3.05) is 6.54 Å². The summed E-state index contributed by atoms with van der Waals surface area (Å²) in [5.41, 5.74) is 12.6. The van der Waals surface area contributed by atoms with E-state index < -0.39 is 0 Å². The van der Waals surface area contributed by atoms with E-state index in [9.17, 15) is 0 Å². The van der Waals surface area contributed by atoms with Crippen LogP contribution in [0.15, 0.2) is 83.3 Å². The molecule has 1 saturated heterocycles. The molecular formula is C29H39N. The third-order valence-corrected chi connectivity index (χ3v) is 6.22. The van der Waals surface area contributed by atoms with E-state index >= 15 is 0 Å². The lowest BCUT2D eigenvalue weighted by Gasteiger charge is -2.33. The summed E-state index contributed by atoms with van der Waals surface area (Å²) >= 11 is 0. The number of rotatable bonds is 5. The van der Waals surface area contributed by atoms with Gasteiger partial charge in [0.2, 0.25) is 0 Å². The van der Waals surface area contributed by atoms with Gasteiger partial charge in [0, 0.05) is 23.9 Å². The van der Waals surface area contributed by atoms with Crippen molar-refractivity contribution < 1.29 is 0 Å². The average molecular weight is 402 g/mol. The number of benzene rings is 1. The Kier molecular flexibility index (Phi) is 7.89. The molecule has 1 fully saturated rings. The number of fused-ring (bicyclic) bond motifs is 1. The van der Waals surface area contributed by atoms with Gasteiger partial charge in [0.25, 0.3) is 0 Å². The van der Waals surface area contributed by atoms with Crippen LogP contribution in [0.1, 0.15) is 64.2 Å². The van der Waals surface area contributed by atoms with Crippen molar-refractivity contribution in [3.05, 3.63) is 100.0 Å². The van der Waals surface area contributed by atoms with Gasteiger partial charge < -0.3 is 4.90 Å². The predicted octanol–water partition coefficient (Wildman–Crippen LogP) is 8.30. The van der Waals surface area contributed by atoms with E-state index in [1.54, 1.807) is 0 Å². The van der Waals surface area contributed by atoms with Gasteiger partial charge in [-0.15, -0.1) is 0 Å². The van der Waals surface area contributed by atoms with E-state index in [1.807, 2.05) is 13.8 Å². The van der Waals surface area contributed by atoms with Gasteiger partial charge in [0.15, 0.2) is 0 Å². The summed E-state index contributed by atoms with van der Waals surface area (Å²) in [7, 11) is 0. The van der Waals surface area contributed by atoms with Crippen molar-refractivity contribution in [2.45, 2.75) is 61.3 Å². The molecule has 2 aliphatic rings. The maximum absolute atomic E-state index is 4.48. The summed E-state index contributed by atoms with van der Waals surface area (Å²) < 4.78 is 0. The van der Waals surface area contributed by atoms with Gasteiger partial charge in [0.05, 0.1) is 0 Å². The third-order valence-electron chi connectivity index (χ3n) is 6.22. The minimum Gasteiger partial charge on any atom is -0.337 e. The molecule has 0 radical (unpaired) electrons. The van der Waals surface area contributed by atoms with Gasteiger partial charge in [-0.05, 0) is 84.7 Å². The van der Waals surface area contributed by atoms with E-state index in [1.165, 1.54) is 44.7 Å². The van der Waals surface area contributed by atoms with Crippen LogP contribution in [0, 0.1) is 19.8 Å². The lowest BCUT2D eigenvalue weighted by atomic mass is 9.82. The van der Waals surface area contributed by atoms with Gasteiger partial charge in [-0.1, -0.05) is 71.2 Å². The highest BCUT2D eigenvalue weighted by Gasteiger charge is 2.33. The van der Waals surface area contributed by atoms with Gasteiger partial charge in [0.1, 0.15) is 0 Å². The molecule has 2 heterocycles. The van der Waals surface area contributed by atoms with Crippen LogP contribution in [0.25, 0.3) is 6.08 Å². The van der Waals surface area contributed by atoms with E-state index in [4.69, 9.17) is 0 Å². The highest BCUT2D eigenvalue weighted by atomic mass is 15.2. The van der Waals surface area contributed by atoms with Crippen LogP contribution in [0.3, 0.4) is 0 Å². The molecule has 3 rings (SSSR count). The van der Waals surface area contributed by atoms with Crippen LogP contribution in [0.4, 0.5) is 0 Å². The SMILES string of the molecule is C=C1C2=CC([C@@H](CC)C(=C)C)=C(CC)C(=C)N2C/C1=C/c1c(C)cccc1C.CC. The standard InChI is InChI=1S/C27H33N.C2H6/c1-9-23(17(3)4)26-15-27-20(7)22(16-28(27)21(8)24(26)10-2)14-25-18(5)12-11-13-19(25)6;1-2/h11-15,23H,3,7-10,16H2,1-2,4-6H3;1-2H3/b22-14-;/t23-;/m0./s1. The molecule has 1 atom stereocenters. The van der Waals surface area contributed by atoms with Crippen LogP contribution in [-0.2, 0) is 0 Å². The molecule has 0 saturated carbocycles. The zero-order valence-corrected chi connectivity index (χ0v) is 20.2. The number of hydrogen-bond acceptors (Lipinski definition) is 1.